The molecule has 192 valence electrons. The first-order valence-corrected chi connectivity index (χ1v) is 14.5. The van der Waals surface area contributed by atoms with E-state index in [0.717, 1.165) is 50.5 Å². The largest absolute Gasteiger partial charge is 0.348 e. The van der Waals surface area contributed by atoms with E-state index >= 15 is 0 Å². The predicted molar refractivity (Wildman–Crippen MR) is 141 cm³/mol. The van der Waals surface area contributed by atoms with Gasteiger partial charge in [0.1, 0.15) is 11.6 Å². The van der Waals surface area contributed by atoms with E-state index in [9.17, 15) is 4.79 Å². The van der Waals surface area contributed by atoms with Crippen molar-refractivity contribution in [2.75, 3.05) is 26.7 Å². The molecule has 7 nitrogen and oxygen atoms in total. The second kappa shape index (κ2) is 10.7. The van der Waals surface area contributed by atoms with E-state index < -0.39 is 0 Å². The highest BCUT2D eigenvalue weighted by Gasteiger charge is 2.42. The molecule has 2 aromatic rings. The molecule has 3 aliphatic rings. The highest BCUT2D eigenvalue weighted by molar-refractivity contribution is 7.10. The number of piperidine rings is 2. The molecule has 0 aromatic carbocycles. The smallest absolute Gasteiger partial charge is 0.223 e. The van der Waals surface area contributed by atoms with Crippen LogP contribution in [0.25, 0.3) is 0 Å². The van der Waals surface area contributed by atoms with Gasteiger partial charge in [-0.05, 0) is 83.5 Å². The quantitative estimate of drug-likeness (QED) is 0.579. The van der Waals surface area contributed by atoms with Crippen molar-refractivity contribution < 1.29 is 4.79 Å². The van der Waals surface area contributed by atoms with E-state index in [1.807, 2.05) is 0 Å². The standard InChI is InChI=1S/C27H42N6OS/c1-18(2)26-30-29-19(3)33(26)23-16-21-7-8-22(17-23)32(21)14-11-24(25-6-5-15-35-25)28-27(34)20-9-12-31(4)13-10-20/h5-6,15,18,20-24H,7-14,16-17H2,1-4H3,(H,28,34)/t21?,22?,23?,24-/m0/s1. The van der Waals surface area contributed by atoms with Crippen LogP contribution in [-0.2, 0) is 4.79 Å². The van der Waals surface area contributed by atoms with Crippen LogP contribution in [0.15, 0.2) is 17.5 Å². The molecule has 2 unspecified atom stereocenters. The van der Waals surface area contributed by atoms with Gasteiger partial charge < -0.3 is 14.8 Å². The number of nitrogens with one attached hydrogen (secondary N) is 1. The Balaban J connectivity index is 1.23. The zero-order valence-corrected chi connectivity index (χ0v) is 22.6. The van der Waals surface area contributed by atoms with Crippen molar-refractivity contribution in [3.8, 4) is 0 Å². The van der Waals surface area contributed by atoms with Gasteiger partial charge in [0.2, 0.25) is 5.91 Å². The average molecular weight is 499 g/mol. The number of hydrogen-bond donors (Lipinski definition) is 1. The van der Waals surface area contributed by atoms with Crippen molar-refractivity contribution in [3.63, 3.8) is 0 Å². The third-order valence-electron chi connectivity index (χ3n) is 8.60. The van der Waals surface area contributed by atoms with Crippen LogP contribution >= 0.6 is 11.3 Å². The maximum atomic E-state index is 13.1. The number of fused-ring (bicyclic) bond motifs is 2. The van der Waals surface area contributed by atoms with Crippen molar-refractivity contribution in [1.29, 1.82) is 0 Å². The van der Waals surface area contributed by atoms with Gasteiger partial charge in [-0.2, -0.15) is 0 Å². The molecule has 3 aliphatic heterocycles. The van der Waals surface area contributed by atoms with Crippen molar-refractivity contribution >= 4 is 17.2 Å². The average Bonchev–Trinajstić information content (AvgIpc) is 3.55. The number of aryl methyl sites for hydroxylation is 1. The van der Waals surface area contributed by atoms with Crippen molar-refractivity contribution in [3.05, 3.63) is 34.0 Å². The summed E-state index contributed by atoms with van der Waals surface area (Å²) in [6.07, 6.45) is 7.85. The summed E-state index contributed by atoms with van der Waals surface area (Å²) in [6, 6.07) is 6.16. The molecule has 0 radical (unpaired) electrons. The van der Waals surface area contributed by atoms with Crippen LogP contribution in [0.2, 0.25) is 0 Å². The van der Waals surface area contributed by atoms with E-state index in [-0.39, 0.29) is 17.9 Å². The molecular formula is C27H42N6OS. The van der Waals surface area contributed by atoms with Gasteiger partial charge in [0, 0.05) is 41.4 Å². The lowest BCUT2D eigenvalue weighted by molar-refractivity contribution is -0.127. The Morgan fingerprint density at radius 3 is 2.46 bits per heavy atom. The molecule has 5 rings (SSSR count). The van der Waals surface area contributed by atoms with Gasteiger partial charge >= 0.3 is 0 Å². The SMILES string of the molecule is Cc1nnc(C(C)C)n1C1CC2CCC(C1)N2CC[C@H](NC(=O)C1CCN(C)CC1)c1cccs1. The van der Waals surface area contributed by atoms with E-state index in [2.05, 4.69) is 75.2 Å². The Bertz CT molecular complexity index is 966. The Hall–Kier alpha value is -1.77. The van der Waals surface area contributed by atoms with Gasteiger partial charge in [0.05, 0.1) is 6.04 Å². The predicted octanol–water partition coefficient (Wildman–Crippen LogP) is 4.53. The normalized spacial score (nSPS) is 26.9. The maximum Gasteiger partial charge on any atom is 0.223 e. The fourth-order valence-corrected chi connectivity index (χ4v) is 7.48. The lowest BCUT2D eigenvalue weighted by Crippen LogP contribution is -2.45. The molecule has 1 N–H and O–H groups in total. The second-order valence-electron chi connectivity index (χ2n) is 11.3. The molecule has 0 saturated carbocycles. The molecule has 3 atom stereocenters. The van der Waals surface area contributed by atoms with Gasteiger partial charge in [-0.1, -0.05) is 19.9 Å². The molecule has 1 amide bonds. The summed E-state index contributed by atoms with van der Waals surface area (Å²) in [4.78, 5) is 19.5. The first kappa shape index (κ1) is 24.9. The minimum Gasteiger partial charge on any atom is -0.348 e. The summed E-state index contributed by atoms with van der Waals surface area (Å²) >= 11 is 1.77. The monoisotopic (exact) mass is 498 g/mol. The topological polar surface area (TPSA) is 66.3 Å². The summed E-state index contributed by atoms with van der Waals surface area (Å²) in [5.41, 5.74) is 0. The zero-order valence-electron chi connectivity index (χ0n) is 21.8. The number of likely N-dealkylation sites (tertiary alicyclic amines) is 1. The number of nitrogens with zero attached hydrogens (tertiary/aromatic N) is 5. The van der Waals surface area contributed by atoms with Gasteiger partial charge in [-0.15, -0.1) is 21.5 Å². The number of hydrogen-bond acceptors (Lipinski definition) is 6. The highest BCUT2D eigenvalue weighted by atomic mass is 32.1. The molecule has 3 saturated heterocycles. The van der Waals surface area contributed by atoms with Gasteiger partial charge in [-0.3, -0.25) is 9.69 Å². The summed E-state index contributed by atoms with van der Waals surface area (Å²) in [7, 11) is 2.15. The maximum absolute atomic E-state index is 13.1. The Morgan fingerprint density at radius 2 is 1.83 bits per heavy atom. The first-order valence-electron chi connectivity index (χ1n) is 13.6. The Morgan fingerprint density at radius 1 is 1.11 bits per heavy atom. The van der Waals surface area contributed by atoms with Crippen LogP contribution < -0.4 is 5.32 Å². The van der Waals surface area contributed by atoms with Crippen molar-refractivity contribution in [1.82, 2.24) is 29.9 Å². The third kappa shape index (κ3) is 5.35. The van der Waals surface area contributed by atoms with Gasteiger partial charge in [-0.25, -0.2) is 0 Å². The molecule has 5 heterocycles. The lowest BCUT2D eigenvalue weighted by Gasteiger charge is -2.40. The summed E-state index contributed by atoms with van der Waals surface area (Å²) in [6.45, 7) is 9.62. The number of carbonyl (C=O) groups excluding carboxylic acids is 1. The van der Waals surface area contributed by atoms with Crippen LogP contribution in [0.3, 0.4) is 0 Å². The second-order valence-corrected chi connectivity index (χ2v) is 12.3. The molecule has 2 bridgehead atoms. The van der Waals surface area contributed by atoms with E-state index in [1.54, 1.807) is 11.3 Å². The fraction of sp³-hybridized carbons (Fsp3) is 0.741. The van der Waals surface area contributed by atoms with Crippen LogP contribution in [0.5, 0.6) is 0 Å². The number of thiophene rings is 1. The molecule has 0 spiro atoms. The number of carbonyl (C=O) groups is 1. The molecular weight excluding hydrogens is 456 g/mol. The van der Waals surface area contributed by atoms with Crippen molar-refractivity contribution in [2.45, 2.75) is 95.8 Å². The first-order chi connectivity index (χ1) is 16.9. The van der Waals surface area contributed by atoms with Crippen LogP contribution in [0, 0.1) is 12.8 Å². The van der Waals surface area contributed by atoms with E-state index in [4.69, 9.17) is 0 Å². The minimum absolute atomic E-state index is 0.118. The Labute approximate surface area is 214 Å². The Kier molecular flexibility index (Phi) is 7.61. The van der Waals surface area contributed by atoms with E-state index in [0.29, 0.717) is 24.0 Å². The van der Waals surface area contributed by atoms with Crippen LogP contribution in [0.4, 0.5) is 0 Å². The summed E-state index contributed by atoms with van der Waals surface area (Å²) in [5.74, 6) is 2.99. The third-order valence-corrected chi connectivity index (χ3v) is 9.59. The fourth-order valence-electron chi connectivity index (χ4n) is 6.67. The van der Waals surface area contributed by atoms with Crippen LogP contribution in [0.1, 0.15) is 93.3 Å². The van der Waals surface area contributed by atoms with E-state index in [1.165, 1.54) is 30.6 Å². The molecule has 3 fully saturated rings. The molecule has 0 aliphatic carbocycles. The highest BCUT2D eigenvalue weighted by Crippen LogP contribution is 2.42. The number of amides is 1. The number of rotatable bonds is 8. The summed E-state index contributed by atoms with van der Waals surface area (Å²) in [5, 5.41) is 14.5. The van der Waals surface area contributed by atoms with Gasteiger partial charge in [0.25, 0.3) is 0 Å². The van der Waals surface area contributed by atoms with Gasteiger partial charge in [0.15, 0.2) is 0 Å². The minimum atomic E-state index is 0.118. The van der Waals surface area contributed by atoms with Crippen LogP contribution in [-0.4, -0.2) is 69.2 Å². The molecule has 8 heteroatoms. The number of aromatic nitrogens is 3. The molecule has 2 aromatic heterocycles. The molecule has 35 heavy (non-hydrogen) atoms. The summed E-state index contributed by atoms with van der Waals surface area (Å²) < 4.78 is 2.43. The van der Waals surface area contributed by atoms with Crippen molar-refractivity contribution in [2.24, 2.45) is 5.92 Å². The lowest BCUT2D eigenvalue weighted by atomic mass is 9.94. The zero-order chi connectivity index (χ0) is 24.5.